The predicted octanol–water partition coefficient (Wildman–Crippen LogP) is -0.864. The number of alkyl halides is 3. The summed E-state index contributed by atoms with van der Waals surface area (Å²) in [5, 5.41) is 18.1. The van der Waals surface area contributed by atoms with Crippen LogP contribution in [0.4, 0.5) is 13.2 Å². The summed E-state index contributed by atoms with van der Waals surface area (Å²) in [5.74, 6) is -3.75. The van der Waals surface area contributed by atoms with Crippen molar-refractivity contribution in [2.24, 2.45) is 0 Å². The summed E-state index contributed by atoms with van der Waals surface area (Å²) >= 11 is 0. The van der Waals surface area contributed by atoms with E-state index in [0.717, 1.165) is 0 Å². The zero-order valence-electron chi connectivity index (χ0n) is 9.03. The van der Waals surface area contributed by atoms with Crippen LogP contribution in [0.25, 0.3) is 0 Å². The van der Waals surface area contributed by atoms with Crippen LogP contribution in [0.1, 0.15) is 0 Å². The van der Waals surface area contributed by atoms with Crippen molar-refractivity contribution >= 4 is 17.8 Å². The van der Waals surface area contributed by atoms with E-state index in [4.69, 9.17) is 15.0 Å². The summed E-state index contributed by atoms with van der Waals surface area (Å²) < 4.78 is 31.7. The number of rotatable bonds is 2. The highest BCUT2D eigenvalue weighted by Gasteiger charge is 2.38. The molecule has 0 saturated carbocycles. The molecule has 0 atom stereocenters. The monoisotopic (exact) mass is 272 g/mol. The van der Waals surface area contributed by atoms with Crippen molar-refractivity contribution < 1.29 is 37.8 Å². The van der Waals surface area contributed by atoms with Gasteiger partial charge in [0, 0.05) is 13.1 Å². The highest BCUT2D eigenvalue weighted by atomic mass is 19.4. The minimum atomic E-state index is -5.08. The lowest BCUT2D eigenvalue weighted by molar-refractivity contribution is -0.192. The Balaban J connectivity index is 0.000000360. The first-order chi connectivity index (χ1) is 8.12. The van der Waals surface area contributed by atoms with Crippen molar-refractivity contribution in [3.8, 4) is 0 Å². The number of carbonyl (C=O) groups is 3. The lowest BCUT2D eigenvalue weighted by Gasteiger charge is -2.24. The zero-order chi connectivity index (χ0) is 14.3. The first-order valence-corrected chi connectivity index (χ1v) is 4.64. The highest BCUT2D eigenvalue weighted by Crippen LogP contribution is 2.13. The van der Waals surface area contributed by atoms with Crippen molar-refractivity contribution in [2.45, 2.75) is 6.18 Å². The fourth-order valence-electron chi connectivity index (χ4n) is 1.02. The average molecular weight is 272 g/mol. The Hall–Kier alpha value is -1.84. The maximum atomic E-state index is 10.7. The maximum absolute atomic E-state index is 10.7. The summed E-state index contributed by atoms with van der Waals surface area (Å²) in [4.78, 5) is 31.4. The van der Waals surface area contributed by atoms with E-state index < -0.39 is 18.1 Å². The van der Waals surface area contributed by atoms with Gasteiger partial charge < -0.3 is 15.5 Å². The Bertz CT molecular complexity index is 329. The molecule has 1 fully saturated rings. The Morgan fingerprint density at radius 3 is 2.17 bits per heavy atom. The van der Waals surface area contributed by atoms with Gasteiger partial charge in [-0.05, 0) is 0 Å². The number of amides is 1. The second kappa shape index (κ2) is 6.79. The standard InChI is InChI=1S/C6H10N2O3.C2HF3O2/c9-5-3-8(2-1-7-5)4-6(10)11;3-2(4,5)1(6)7/h1-4H2,(H,7,9)(H,10,11);(H,6,7). The summed E-state index contributed by atoms with van der Waals surface area (Å²) in [6, 6.07) is 0. The molecule has 18 heavy (non-hydrogen) atoms. The topological polar surface area (TPSA) is 107 Å². The molecule has 1 aliphatic rings. The van der Waals surface area contributed by atoms with Crippen LogP contribution in [0, 0.1) is 0 Å². The number of carboxylic acid groups (broad SMARTS) is 2. The van der Waals surface area contributed by atoms with Crippen LogP contribution in [-0.4, -0.2) is 65.3 Å². The number of hydrogen-bond acceptors (Lipinski definition) is 4. The van der Waals surface area contributed by atoms with E-state index in [1.54, 1.807) is 4.90 Å². The van der Waals surface area contributed by atoms with Gasteiger partial charge in [0.2, 0.25) is 5.91 Å². The smallest absolute Gasteiger partial charge is 0.480 e. The van der Waals surface area contributed by atoms with Crippen molar-refractivity contribution in [3.05, 3.63) is 0 Å². The van der Waals surface area contributed by atoms with Gasteiger partial charge in [-0.25, -0.2) is 4.79 Å². The largest absolute Gasteiger partial charge is 0.490 e. The van der Waals surface area contributed by atoms with Gasteiger partial charge in [-0.2, -0.15) is 13.2 Å². The summed E-state index contributed by atoms with van der Waals surface area (Å²) in [6.07, 6.45) is -5.08. The second-order valence-electron chi connectivity index (χ2n) is 3.26. The average Bonchev–Trinajstić information content (AvgIpc) is 2.15. The van der Waals surface area contributed by atoms with Crippen LogP contribution in [0.3, 0.4) is 0 Å². The van der Waals surface area contributed by atoms with Crippen molar-refractivity contribution in [1.82, 2.24) is 10.2 Å². The molecular formula is C8H11F3N2O5. The minimum absolute atomic E-state index is 0.0482. The Labute approximate surface area is 99.2 Å². The number of hydrogen-bond donors (Lipinski definition) is 3. The lowest BCUT2D eigenvalue weighted by Crippen LogP contribution is -2.49. The molecule has 0 unspecified atom stereocenters. The molecule has 7 nitrogen and oxygen atoms in total. The molecule has 1 amide bonds. The van der Waals surface area contributed by atoms with Gasteiger partial charge in [0.1, 0.15) is 0 Å². The molecular weight excluding hydrogens is 261 g/mol. The Morgan fingerprint density at radius 1 is 1.33 bits per heavy atom. The SMILES string of the molecule is O=C(O)C(F)(F)F.O=C(O)CN1CCNC(=O)C1. The number of nitrogens with zero attached hydrogens (tertiary/aromatic N) is 1. The van der Waals surface area contributed by atoms with Gasteiger partial charge >= 0.3 is 18.1 Å². The van der Waals surface area contributed by atoms with Gasteiger partial charge in [-0.3, -0.25) is 14.5 Å². The van der Waals surface area contributed by atoms with E-state index in [1.165, 1.54) is 0 Å². The molecule has 3 N–H and O–H groups in total. The predicted molar refractivity (Wildman–Crippen MR) is 50.8 cm³/mol. The van der Waals surface area contributed by atoms with Crippen LogP contribution in [-0.2, 0) is 14.4 Å². The van der Waals surface area contributed by atoms with Crippen molar-refractivity contribution in [1.29, 1.82) is 0 Å². The van der Waals surface area contributed by atoms with Crippen molar-refractivity contribution in [2.75, 3.05) is 26.2 Å². The van der Waals surface area contributed by atoms with Gasteiger partial charge in [0.05, 0.1) is 13.1 Å². The zero-order valence-corrected chi connectivity index (χ0v) is 9.03. The minimum Gasteiger partial charge on any atom is -0.480 e. The third-order valence-electron chi connectivity index (χ3n) is 1.72. The first kappa shape index (κ1) is 16.2. The van der Waals surface area contributed by atoms with Gasteiger partial charge in [0.15, 0.2) is 0 Å². The fourth-order valence-corrected chi connectivity index (χ4v) is 1.02. The van der Waals surface area contributed by atoms with Crippen LogP contribution in [0.15, 0.2) is 0 Å². The van der Waals surface area contributed by atoms with E-state index in [0.29, 0.717) is 13.1 Å². The molecule has 1 heterocycles. The number of carboxylic acids is 2. The summed E-state index contributed by atoms with van der Waals surface area (Å²) in [5.41, 5.74) is 0. The molecule has 1 saturated heterocycles. The molecule has 1 aliphatic heterocycles. The van der Waals surface area contributed by atoms with Crippen LogP contribution in [0.5, 0.6) is 0 Å². The van der Waals surface area contributed by atoms with E-state index in [1.807, 2.05) is 0 Å². The van der Waals surface area contributed by atoms with Crippen molar-refractivity contribution in [3.63, 3.8) is 0 Å². The molecule has 0 spiro atoms. The summed E-state index contributed by atoms with van der Waals surface area (Å²) in [7, 11) is 0. The molecule has 0 aromatic carbocycles. The number of halogens is 3. The number of piperazine rings is 1. The van der Waals surface area contributed by atoms with Crippen LogP contribution >= 0.6 is 0 Å². The molecule has 1 rings (SSSR count). The van der Waals surface area contributed by atoms with E-state index in [9.17, 15) is 22.8 Å². The Kier molecular flexibility index (Phi) is 6.09. The molecule has 0 aliphatic carbocycles. The van der Waals surface area contributed by atoms with E-state index in [-0.39, 0.29) is 19.0 Å². The summed E-state index contributed by atoms with van der Waals surface area (Å²) in [6.45, 7) is 1.32. The third kappa shape index (κ3) is 7.44. The highest BCUT2D eigenvalue weighted by molar-refractivity contribution is 5.79. The fraction of sp³-hybridized carbons (Fsp3) is 0.625. The molecule has 0 aromatic heterocycles. The third-order valence-corrected chi connectivity index (χ3v) is 1.72. The lowest BCUT2D eigenvalue weighted by atomic mass is 10.3. The van der Waals surface area contributed by atoms with Gasteiger partial charge in [0.25, 0.3) is 0 Å². The number of aliphatic carboxylic acids is 2. The van der Waals surface area contributed by atoms with E-state index in [2.05, 4.69) is 5.32 Å². The normalized spacial score (nSPS) is 16.3. The van der Waals surface area contributed by atoms with E-state index >= 15 is 0 Å². The van der Waals surface area contributed by atoms with Gasteiger partial charge in [-0.1, -0.05) is 0 Å². The quantitative estimate of drug-likeness (QED) is 0.603. The molecule has 0 aromatic rings. The number of nitrogens with one attached hydrogen (secondary N) is 1. The molecule has 0 radical (unpaired) electrons. The second-order valence-corrected chi connectivity index (χ2v) is 3.26. The number of carbonyl (C=O) groups excluding carboxylic acids is 1. The molecule has 10 heteroatoms. The molecule has 104 valence electrons. The van der Waals surface area contributed by atoms with Crippen LogP contribution < -0.4 is 5.32 Å². The molecule has 0 bridgehead atoms. The van der Waals surface area contributed by atoms with Crippen LogP contribution in [0.2, 0.25) is 0 Å². The van der Waals surface area contributed by atoms with Gasteiger partial charge in [-0.15, -0.1) is 0 Å². The first-order valence-electron chi connectivity index (χ1n) is 4.64. The Morgan fingerprint density at radius 2 is 1.83 bits per heavy atom. The maximum Gasteiger partial charge on any atom is 0.490 e.